The maximum absolute atomic E-state index is 12.2. The molecule has 0 unspecified atom stereocenters. The van der Waals surface area contributed by atoms with E-state index in [1.807, 2.05) is 6.07 Å². The molecule has 4 heteroatoms. The van der Waals surface area contributed by atoms with Gasteiger partial charge in [-0.05, 0) is 48.4 Å². The van der Waals surface area contributed by atoms with Crippen molar-refractivity contribution < 1.29 is 9.53 Å². The van der Waals surface area contributed by atoms with Crippen molar-refractivity contribution in [2.75, 3.05) is 11.9 Å². The van der Waals surface area contributed by atoms with E-state index >= 15 is 0 Å². The molecule has 0 aromatic heterocycles. The maximum atomic E-state index is 12.2. The van der Waals surface area contributed by atoms with Gasteiger partial charge in [-0.1, -0.05) is 19.9 Å². The van der Waals surface area contributed by atoms with Gasteiger partial charge in [0.2, 0.25) is 0 Å². The fraction of sp³-hybridized carbons (Fsp3) is 0.222. The Labute approximate surface area is 130 Å². The van der Waals surface area contributed by atoms with Crippen molar-refractivity contribution in [3.63, 3.8) is 0 Å². The number of amides is 1. The van der Waals surface area contributed by atoms with Gasteiger partial charge in [-0.25, -0.2) is 0 Å². The summed E-state index contributed by atoms with van der Waals surface area (Å²) in [6, 6.07) is 15.9. The van der Waals surface area contributed by atoms with E-state index in [4.69, 9.17) is 10.00 Å². The van der Waals surface area contributed by atoms with Crippen LogP contribution in [0.4, 0.5) is 5.69 Å². The number of nitrogens with one attached hydrogen (secondary N) is 1. The zero-order valence-corrected chi connectivity index (χ0v) is 12.7. The Balaban J connectivity index is 2.02. The van der Waals surface area contributed by atoms with Gasteiger partial charge in [-0.3, -0.25) is 4.79 Å². The Bertz CT molecular complexity index is 685. The van der Waals surface area contributed by atoms with E-state index in [-0.39, 0.29) is 5.91 Å². The summed E-state index contributed by atoms with van der Waals surface area (Å²) in [6.45, 7) is 4.81. The van der Waals surface area contributed by atoms with Gasteiger partial charge in [0, 0.05) is 11.3 Å². The summed E-state index contributed by atoms with van der Waals surface area (Å²) in [7, 11) is 0. The smallest absolute Gasteiger partial charge is 0.255 e. The topological polar surface area (TPSA) is 62.1 Å². The lowest BCUT2D eigenvalue weighted by atomic mass is 10.2. The van der Waals surface area contributed by atoms with Crippen molar-refractivity contribution >= 4 is 11.6 Å². The summed E-state index contributed by atoms with van der Waals surface area (Å²) < 4.78 is 5.58. The predicted octanol–water partition coefficient (Wildman–Crippen LogP) is 3.85. The molecule has 22 heavy (non-hydrogen) atoms. The van der Waals surface area contributed by atoms with Crippen LogP contribution in [0.3, 0.4) is 0 Å². The molecule has 0 radical (unpaired) electrons. The van der Waals surface area contributed by atoms with Crippen molar-refractivity contribution in [3.05, 3.63) is 59.7 Å². The summed E-state index contributed by atoms with van der Waals surface area (Å²) in [5, 5.41) is 11.6. The molecule has 0 spiro atoms. The van der Waals surface area contributed by atoms with Crippen LogP contribution in [0.2, 0.25) is 0 Å². The normalized spacial score (nSPS) is 10.1. The molecule has 0 aliphatic rings. The molecule has 2 aromatic rings. The van der Waals surface area contributed by atoms with Crippen molar-refractivity contribution in [3.8, 4) is 11.8 Å². The Hall–Kier alpha value is -2.80. The van der Waals surface area contributed by atoms with Crippen molar-refractivity contribution in [2.24, 2.45) is 5.92 Å². The highest BCUT2D eigenvalue weighted by molar-refractivity contribution is 6.04. The predicted molar refractivity (Wildman–Crippen MR) is 85.9 cm³/mol. The number of hydrogen-bond donors (Lipinski definition) is 1. The molecular formula is C18H18N2O2. The molecule has 1 amide bonds. The second-order valence-electron chi connectivity index (χ2n) is 5.38. The average molecular weight is 294 g/mol. The Kier molecular flexibility index (Phi) is 5.16. The van der Waals surface area contributed by atoms with Gasteiger partial charge in [0.15, 0.2) is 0 Å². The van der Waals surface area contributed by atoms with Gasteiger partial charge < -0.3 is 10.1 Å². The van der Waals surface area contributed by atoms with Crippen LogP contribution in [0.15, 0.2) is 48.5 Å². The van der Waals surface area contributed by atoms with E-state index < -0.39 is 0 Å². The van der Waals surface area contributed by atoms with Gasteiger partial charge in [0.25, 0.3) is 5.91 Å². The molecule has 112 valence electrons. The highest BCUT2D eigenvalue weighted by Gasteiger charge is 2.07. The lowest BCUT2D eigenvalue weighted by Gasteiger charge is -2.09. The number of nitrogens with zero attached hydrogens (tertiary/aromatic N) is 1. The summed E-state index contributed by atoms with van der Waals surface area (Å²) in [5.74, 6) is 0.984. The molecule has 4 nitrogen and oxygen atoms in total. The van der Waals surface area contributed by atoms with Gasteiger partial charge >= 0.3 is 0 Å². The maximum Gasteiger partial charge on any atom is 0.255 e. The first-order chi connectivity index (χ1) is 10.6. The third kappa shape index (κ3) is 4.35. The monoisotopic (exact) mass is 294 g/mol. The average Bonchev–Trinajstić information content (AvgIpc) is 2.53. The zero-order valence-electron chi connectivity index (χ0n) is 12.7. The molecule has 0 saturated carbocycles. The Morgan fingerprint density at radius 2 is 1.95 bits per heavy atom. The molecule has 0 bridgehead atoms. The number of ether oxygens (including phenoxy) is 1. The van der Waals surface area contributed by atoms with Crippen LogP contribution >= 0.6 is 0 Å². The number of carbonyl (C=O) groups is 1. The Morgan fingerprint density at radius 3 is 2.59 bits per heavy atom. The second-order valence-corrected chi connectivity index (χ2v) is 5.38. The molecule has 2 aromatic carbocycles. The Morgan fingerprint density at radius 1 is 1.23 bits per heavy atom. The number of hydrogen-bond acceptors (Lipinski definition) is 3. The first-order valence-electron chi connectivity index (χ1n) is 7.13. The molecular weight excluding hydrogens is 276 g/mol. The largest absolute Gasteiger partial charge is 0.493 e. The van der Waals surface area contributed by atoms with Crippen molar-refractivity contribution in [1.82, 2.24) is 0 Å². The molecule has 2 rings (SSSR count). The molecule has 0 fully saturated rings. The highest BCUT2D eigenvalue weighted by atomic mass is 16.5. The summed E-state index contributed by atoms with van der Waals surface area (Å²) >= 11 is 0. The summed E-state index contributed by atoms with van der Waals surface area (Å²) in [4.78, 5) is 12.2. The summed E-state index contributed by atoms with van der Waals surface area (Å²) in [6.07, 6.45) is 0. The van der Waals surface area contributed by atoms with Crippen LogP contribution in [-0.2, 0) is 0 Å². The number of rotatable bonds is 5. The number of carbonyl (C=O) groups excluding carboxylic acids is 1. The van der Waals surface area contributed by atoms with Crippen LogP contribution in [0.1, 0.15) is 29.8 Å². The highest BCUT2D eigenvalue weighted by Crippen LogP contribution is 2.15. The van der Waals surface area contributed by atoms with Gasteiger partial charge in [-0.2, -0.15) is 5.26 Å². The van der Waals surface area contributed by atoms with E-state index in [0.29, 0.717) is 29.3 Å². The van der Waals surface area contributed by atoms with Crippen LogP contribution in [0.25, 0.3) is 0 Å². The minimum atomic E-state index is -0.217. The van der Waals surface area contributed by atoms with Crippen LogP contribution < -0.4 is 10.1 Å². The molecule has 0 saturated heterocycles. The van der Waals surface area contributed by atoms with Gasteiger partial charge in [0.05, 0.1) is 18.2 Å². The zero-order chi connectivity index (χ0) is 15.9. The third-order valence-corrected chi connectivity index (χ3v) is 2.95. The molecule has 0 atom stereocenters. The van der Waals surface area contributed by atoms with E-state index in [0.717, 1.165) is 5.75 Å². The minimum Gasteiger partial charge on any atom is -0.493 e. The number of anilines is 1. The molecule has 0 heterocycles. The molecule has 1 N–H and O–H groups in total. The third-order valence-electron chi connectivity index (χ3n) is 2.95. The minimum absolute atomic E-state index is 0.217. The fourth-order valence-corrected chi connectivity index (χ4v) is 1.84. The summed E-state index contributed by atoms with van der Waals surface area (Å²) in [5.41, 5.74) is 1.65. The quantitative estimate of drug-likeness (QED) is 0.911. The lowest BCUT2D eigenvalue weighted by molar-refractivity contribution is 0.102. The standard InChI is InChI=1S/C18H18N2O2/c1-13(2)12-22-17-8-6-15(7-9-17)18(21)20-16-5-3-4-14(10-16)11-19/h3-10,13H,12H2,1-2H3,(H,20,21). The lowest BCUT2D eigenvalue weighted by Crippen LogP contribution is -2.12. The van der Waals surface area contributed by atoms with E-state index in [2.05, 4.69) is 19.2 Å². The van der Waals surface area contributed by atoms with Gasteiger partial charge in [0.1, 0.15) is 5.75 Å². The number of nitriles is 1. The first-order valence-corrected chi connectivity index (χ1v) is 7.13. The SMILES string of the molecule is CC(C)COc1ccc(C(=O)Nc2cccc(C#N)c2)cc1. The first kappa shape index (κ1) is 15.6. The van der Waals surface area contributed by atoms with Crippen molar-refractivity contribution in [1.29, 1.82) is 5.26 Å². The van der Waals surface area contributed by atoms with E-state index in [9.17, 15) is 4.79 Å². The molecule has 0 aliphatic carbocycles. The van der Waals surface area contributed by atoms with Crippen LogP contribution in [0.5, 0.6) is 5.75 Å². The van der Waals surface area contributed by atoms with Crippen molar-refractivity contribution in [2.45, 2.75) is 13.8 Å². The molecule has 0 aliphatic heterocycles. The fourth-order valence-electron chi connectivity index (χ4n) is 1.84. The van der Waals surface area contributed by atoms with E-state index in [1.54, 1.807) is 48.5 Å². The van der Waals surface area contributed by atoms with E-state index in [1.165, 1.54) is 0 Å². The second kappa shape index (κ2) is 7.28. The van der Waals surface area contributed by atoms with Gasteiger partial charge in [-0.15, -0.1) is 0 Å². The number of benzene rings is 2. The van der Waals surface area contributed by atoms with Crippen LogP contribution in [0, 0.1) is 17.2 Å². The van der Waals surface area contributed by atoms with Crippen LogP contribution in [-0.4, -0.2) is 12.5 Å².